The van der Waals surface area contributed by atoms with Gasteiger partial charge in [-0.15, -0.1) is 12.4 Å². The number of amides is 1. The Morgan fingerprint density at radius 1 is 1.13 bits per heavy atom. The van der Waals surface area contributed by atoms with Crippen LogP contribution >= 0.6 is 12.4 Å². The van der Waals surface area contributed by atoms with E-state index in [1.54, 1.807) is 6.92 Å². The zero-order valence-electron chi connectivity index (χ0n) is 26.7. The highest BCUT2D eigenvalue weighted by Gasteiger charge is 2.49. The molecule has 14 heteroatoms. The van der Waals surface area contributed by atoms with Crippen LogP contribution < -0.4 is 15.8 Å². The first-order chi connectivity index (χ1) is 21.6. The Balaban J connectivity index is 0.00000500. The molecule has 7 atom stereocenters. The fourth-order valence-electron chi connectivity index (χ4n) is 6.67. The number of aliphatic hydroxyl groups excluding tert-OH is 1. The fourth-order valence-corrected chi connectivity index (χ4v) is 6.67. The molecule has 5 rings (SSSR count). The Kier molecular flexibility index (Phi) is 10.4. The van der Waals surface area contributed by atoms with E-state index in [0.717, 1.165) is 6.92 Å². The topological polar surface area (TPSA) is 215 Å². The number of hydrogen-bond acceptors (Lipinski definition) is 12. The molecule has 1 aliphatic heterocycles. The lowest BCUT2D eigenvalue weighted by molar-refractivity contribution is -0.249. The van der Waals surface area contributed by atoms with E-state index in [0.29, 0.717) is 6.42 Å². The normalized spacial score (nSPS) is 27.2. The first-order valence-corrected chi connectivity index (χ1v) is 15.2. The number of phenolic OH excluding ortho intramolecular Hbond substituents is 2. The number of hydrogen-bond donors (Lipinski definition) is 6. The van der Waals surface area contributed by atoms with Gasteiger partial charge < -0.3 is 45.7 Å². The van der Waals surface area contributed by atoms with E-state index in [4.69, 9.17) is 19.9 Å². The Morgan fingerprint density at radius 3 is 2.40 bits per heavy atom. The van der Waals surface area contributed by atoms with Crippen LogP contribution in [0.5, 0.6) is 17.2 Å². The maximum atomic E-state index is 13.8. The summed E-state index contributed by atoms with van der Waals surface area (Å²) in [6.45, 7) is 6.59. The van der Waals surface area contributed by atoms with Crippen molar-refractivity contribution in [3.8, 4) is 17.2 Å². The number of ether oxygens (including phenoxy) is 3. The van der Waals surface area contributed by atoms with Gasteiger partial charge in [-0.05, 0) is 32.3 Å². The Labute approximate surface area is 277 Å². The number of nitrogens with one attached hydrogen (secondary N) is 1. The molecule has 256 valence electrons. The molecule has 1 saturated heterocycles. The number of halogens is 1. The number of carbonyl (C=O) groups excluding carboxylic acids is 4. The van der Waals surface area contributed by atoms with Gasteiger partial charge in [0.2, 0.25) is 11.7 Å². The molecule has 2 aliphatic carbocycles. The molecule has 47 heavy (non-hydrogen) atoms. The van der Waals surface area contributed by atoms with Crippen molar-refractivity contribution in [1.82, 2.24) is 5.32 Å². The van der Waals surface area contributed by atoms with Crippen LogP contribution in [0, 0.1) is 5.92 Å². The van der Waals surface area contributed by atoms with E-state index < -0.39 is 101 Å². The van der Waals surface area contributed by atoms with E-state index >= 15 is 0 Å². The summed E-state index contributed by atoms with van der Waals surface area (Å²) in [5, 5.41) is 48.1. The maximum absolute atomic E-state index is 13.8. The number of aliphatic hydroxyl groups is 2. The van der Waals surface area contributed by atoms with Crippen molar-refractivity contribution in [3.05, 3.63) is 51.6 Å². The number of benzene rings is 2. The van der Waals surface area contributed by atoms with Crippen LogP contribution in [0.15, 0.2) is 18.2 Å². The van der Waals surface area contributed by atoms with Crippen LogP contribution in [0.4, 0.5) is 0 Å². The first-order valence-electron chi connectivity index (χ1n) is 15.2. The van der Waals surface area contributed by atoms with Crippen molar-refractivity contribution < 1.29 is 53.8 Å². The number of methoxy groups -OCH3 is 1. The monoisotopic (exact) mass is 676 g/mol. The second-order valence-electron chi connectivity index (χ2n) is 12.8. The number of aromatic hydroxyl groups is 2. The van der Waals surface area contributed by atoms with Gasteiger partial charge in [0.15, 0.2) is 17.9 Å². The zero-order valence-corrected chi connectivity index (χ0v) is 27.6. The van der Waals surface area contributed by atoms with Gasteiger partial charge in [0.05, 0.1) is 48.1 Å². The summed E-state index contributed by atoms with van der Waals surface area (Å²) >= 11 is 0. The van der Waals surface area contributed by atoms with Crippen molar-refractivity contribution in [2.45, 2.75) is 95.7 Å². The molecule has 0 radical (unpaired) electrons. The van der Waals surface area contributed by atoms with Crippen molar-refractivity contribution in [2.75, 3.05) is 7.11 Å². The van der Waals surface area contributed by atoms with Gasteiger partial charge in [0, 0.05) is 36.0 Å². The Bertz CT molecular complexity index is 1610. The molecule has 13 nitrogen and oxygen atoms in total. The average molecular weight is 677 g/mol. The molecule has 2 aromatic rings. The number of phenols is 2. The number of carbonyl (C=O) groups is 4. The second-order valence-corrected chi connectivity index (χ2v) is 12.8. The summed E-state index contributed by atoms with van der Waals surface area (Å²) in [7, 11) is 1.33. The lowest BCUT2D eigenvalue weighted by Gasteiger charge is -2.43. The SMILES string of the molecule is COc1cccc2c1C(=O)c1c(O)c3c(c(O)c1C2=O)C[C@@](O)(C(C)=O)C[C@@H]3OC1CC(NC(=O)[C@@H](N)CC(C)C)C(O)C(C)O1.Cl. The van der Waals surface area contributed by atoms with Gasteiger partial charge >= 0.3 is 0 Å². The van der Waals surface area contributed by atoms with Crippen LogP contribution in [0.3, 0.4) is 0 Å². The molecule has 0 saturated carbocycles. The van der Waals surface area contributed by atoms with Crippen LogP contribution in [0.1, 0.15) is 96.0 Å². The molecule has 1 heterocycles. The van der Waals surface area contributed by atoms with Crippen molar-refractivity contribution in [2.24, 2.45) is 11.7 Å². The third-order valence-corrected chi connectivity index (χ3v) is 9.14. The minimum Gasteiger partial charge on any atom is -0.507 e. The summed E-state index contributed by atoms with van der Waals surface area (Å²) in [6, 6.07) is 2.75. The van der Waals surface area contributed by atoms with E-state index in [1.807, 2.05) is 13.8 Å². The highest BCUT2D eigenvalue weighted by molar-refractivity contribution is 6.31. The largest absolute Gasteiger partial charge is 0.507 e. The van der Waals surface area contributed by atoms with Gasteiger partial charge in [0.1, 0.15) is 29.0 Å². The summed E-state index contributed by atoms with van der Waals surface area (Å²) in [5.41, 5.74) is 2.69. The molecule has 4 unspecified atom stereocenters. The van der Waals surface area contributed by atoms with E-state index in [2.05, 4.69) is 5.32 Å². The minimum atomic E-state index is -2.07. The Hall–Kier alpha value is -3.59. The number of ketones is 3. The number of rotatable bonds is 8. The van der Waals surface area contributed by atoms with Gasteiger partial charge in [0.25, 0.3) is 0 Å². The van der Waals surface area contributed by atoms with Gasteiger partial charge in [-0.2, -0.15) is 0 Å². The average Bonchev–Trinajstić information content (AvgIpc) is 2.99. The molecule has 2 aromatic carbocycles. The predicted molar refractivity (Wildman–Crippen MR) is 169 cm³/mol. The second kappa shape index (κ2) is 13.5. The number of Topliss-reactive ketones (excluding diaryl/α,β-unsaturated/α-hetero) is 1. The van der Waals surface area contributed by atoms with Crippen molar-refractivity contribution in [3.63, 3.8) is 0 Å². The van der Waals surface area contributed by atoms with E-state index in [9.17, 15) is 39.6 Å². The van der Waals surface area contributed by atoms with Crippen molar-refractivity contribution >= 4 is 35.7 Å². The van der Waals surface area contributed by atoms with Gasteiger partial charge in [-0.1, -0.05) is 26.0 Å². The lowest BCUT2D eigenvalue weighted by Crippen LogP contribution is -2.58. The molecule has 1 fully saturated rings. The van der Waals surface area contributed by atoms with E-state index in [-0.39, 0.29) is 52.7 Å². The molecular weight excluding hydrogens is 636 g/mol. The van der Waals surface area contributed by atoms with Crippen molar-refractivity contribution in [1.29, 1.82) is 0 Å². The standard InChI is InChI=1S/C33H40N2O11.ClH/c1-13(2)9-18(34)32(42)35-19-10-22(45-14(3)27(19)37)46-21-12-33(43,15(4)36)11-17-24(21)31(41)26-25(29(17)39)28(38)16-7-6-8-20(44-5)23(16)30(26)40;/h6-8,13-14,18-19,21-22,27,37,39,41,43H,9-12,34H2,1-5H3,(H,35,42);1H/t14?,18-,19?,21-,22?,27?,33-;/m0./s1. The molecule has 7 N–H and O–H groups in total. The van der Waals surface area contributed by atoms with E-state index in [1.165, 1.54) is 25.3 Å². The summed E-state index contributed by atoms with van der Waals surface area (Å²) in [5.74, 6) is -3.70. The maximum Gasteiger partial charge on any atom is 0.237 e. The molecule has 3 aliphatic rings. The summed E-state index contributed by atoms with van der Waals surface area (Å²) < 4.78 is 17.4. The third kappa shape index (κ3) is 6.35. The first kappa shape index (κ1) is 36.2. The van der Waals surface area contributed by atoms with Crippen LogP contribution in [-0.2, 0) is 25.5 Å². The minimum absolute atomic E-state index is 0. The highest BCUT2D eigenvalue weighted by atomic mass is 35.5. The predicted octanol–water partition coefficient (Wildman–Crippen LogP) is 1.98. The molecule has 1 amide bonds. The van der Waals surface area contributed by atoms with Gasteiger partial charge in [-0.3, -0.25) is 19.2 Å². The number of nitrogens with two attached hydrogens (primary N) is 1. The number of fused-ring (bicyclic) bond motifs is 3. The van der Waals surface area contributed by atoms with Gasteiger partial charge in [-0.25, -0.2) is 0 Å². The quantitative estimate of drug-likeness (QED) is 0.189. The van der Waals surface area contributed by atoms with Crippen LogP contribution in [0.2, 0.25) is 0 Å². The van der Waals surface area contributed by atoms with Crippen LogP contribution in [0.25, 0.3) is 0 Å². The molecular formula is C33H41ClN2O11. The fraction of sp³-hybridized carbons (Fsp3) is 0.515. The lowest BCUT2D eigenvalue weighted by atomic mass is 9.72. The third-order valence-electron chi connectivity index (χ3n) is 9.14. The summed E-state index contributed by atoms with van der Waals surface area (Å²) in [6.07, 6.45) is -4.95. The molecule has 0 bridgehead atoms. The zero-order chi connectivity index (χ0) is 33.8. The molecule has 0 aromatic heterocycles. The highest BCUT2D eigenvalue weighted by Crippen LogP contribution is 2.52. The smallest absolute Gasteiger partial charge is 0.237 e. The molecule has 0 spiro atoms. The summed E-state index contributed by atoms with van der Waals surface area (Å²) in [4.78, 5) is 53.0. The van der Waals surface area contributed by atoms with Crippen LogP contribution in [-0.4, -0.2) is 87.0 Å². The Morgan fingerprint density at radius 2 is 1.79 bits per heavy atom.